The van der Waals surface area contributed by atoms with Crippen LogP contribution in [-0.4, -0.2) is 38.3 Å². The van der Waals surface area contributed by atoms with Gasteiger partial charge in [0, 0.05) is 25.8 Å². The summed E-state index contributed by atoms with van der Waals surface area (Å²) < 4.78 is 5.16. The molecule has 0 atom stereocenters. The maximum atomic E-state index is 11.2. The largest absolute Gasteiger partial charge is 0.382 e. The van der Waals surface area contributed by atoms with Gasteiger partial charge >= 0.3 is 0 Å². The third kappa shape index (κ3) is 5.94. The Labute approximate surface area is 85.4 Å². The lowest BCUT2D eigenvalue weighted by atomic mass is 10.4. The second-order valence-electron chi connectivity index (χ2n) is 3.56. The number of carbonyl (C=O) groups is 1. The number of carbonyl (C=O) groups excluding carboxylic acids is 1. The van der Waals surface area contributed by atoms with E-state index in [1.54, 1.807) is 0 Å². The minimum absolute atomic E-state index is 0.0911. The van der Waals surface area contributed by atoms with Gasteiger partial charge < -0.3 is 15.4 Å². The first-order valence-electron chi connectivity index (χ1n) is 5.40. The van der Waals surface area contributed by atoms with Crippen LogP contribution in [0.25, 0.3) is 0 Å². The van der Waals surface area contributed by atoms with Crippen LogP contribution in [0.5, 0.6) is 0 Å². The first-order chi connectivity index (χ1) is 6.83. The van der Waals surface area contributed by atoms with Crippen molar-refractivity contribution in [3.05, 3.63) is 0 Å². The topological polar surface area (TPSA) is 50.4 Å². The highest BCUT2D eigenvalue weighted by molar-refractivity contribution is 5.77. The van der Waals surface area contributed by atoms with Gasteiger partial charge in [0.2, 0.25) is 5.91 Å². The Morgan fingerprint density at radius 3 is 2.93 bits per heavy atom. The summed E-state index contributed by atoms with van der Waals surface area (Å²) in [6, 6.07) is 0.601. The lowest BCUT2D eigenvalue weighted by Gasteiger charge is -2.05. The van der Waals surface area contributed by atoms with E-state index in [0.717, 1.165) is 19.6 Å². The standard InChI is InChI=1S/C10H20N2O2/c1-2-14-7-3-6-11-10(13)8-12-9-4-5-9/h9,12H,2-8H2,1H3,(H,11,13). The quantitative estimate of drug-likeness (QED) is 0.553. The number of ether oxygens (including phenoxy) is 1. The third-order valence-electron chi connectivity index (χ3n) is 2.12. The molecular weight excluding hydrogens is 180 g/mol. The van der Waals surface area contributed by atoms with Crippen molar-refractivity contribution in [2.75, 3.05) is 26.3 Å². The van der Waals surface area contributed by atoms with Crippen LogP contribution in [-0.2, 0) is 9.53 Å². The Morgan fingerprint density at radius 1 is 1.50 bits per heavy atom. The average Bonchev–Trinajstić information content (AvgIpc) is 2.98. The van der Waals surface area contributed by atoms with Crippen LogP contribution in [0.4, 0.5) is 0 Å². The van der Waals surface area contributed by atoms with Gasteiger partial charge in [-0.05, 0) is 26.2 Å². The van der Waals surface area contributed by atoms with Crippen molar-refractivity contribution in [1.82, 2.24) is 10.6 Å². The zero-order valence-electron chi connectivity index (χ0n) is 8.84. The molecule has 82 valence electrons. The molecule has 2 N–H and O–H groups in total. The average molecular weight is 200 g/mol. The Bertz CT molecular complexity index is 170. The molecule has 1 aliphatic rings. The van der Waals surface area contributed by atoms with E-state index < -0.39 is 0 Å². The van der Waals surface area contributed by atoms with Gasteiger partial charge in [-0.2, -0.15) is 0 Å². The van der Waals surface area contributed by atoms with Crippen molar-refractivity contribution in [1.29, 1.82) is 0 Å². The molecule has 0 aromatic rings. The highest BCUT2D eigenvalue weighted by Gasteiger charge is 2.20. The first-order valence-corrected chi connectivity index (χ1v) is 5.40. The smallest absolute Gasteiger partial charge is 0.233 e. The minimum Gasteiger partial charge on any atom is -0.382 e. The molecule has 0 aromatic carbocycles. The van der Waals surface area contributed by atoms with E-state index in [0.29, 0.717) is 19.1 Å². The predicted octanol–water partition coefficient (Wildman–Crippen LogP) is 0.281. The molecule has 4 heteroatoms. The van der Waals surface area contributed by atoms with E-state index in [2.05, 4.69) is 10.6 Å². The van der Waals surface area contributed by atoms with Gasteiger partial charge in [0.05, 0.1) is 6.54 Å². The fourth-order valence-electron chi connectivity index (χ4n) is 1.13. The second kappa shape index (κ2) is 6.79. The molecule has 4 nitrogen and oxygen atoms in total. The summed E-state index contributed by atoms with van der Waals surface area (Å²) in [5.41, 5.74) is 0. The molecule has 0 heterocycles. The number of nitrogens with one attached hydrogen (secondary N) is 2. The Kier molecular flexibility index (Phi) is 5.56. The molecule has 1 aliphatic carbocycles. The summed E-state index contributed by atoms with van der Waals surface area (Å²) in [7, 11) is 0. The Hall–Kier alpha value is -0.610. The summed E-state index contributed by atoms with van der Waals surface area (Å²) in [6.07, 6.45) is 3.33. The molecule has 0 bridgehead atoms. The summed E-state index contributed by atoms with van der Waals surface area (Å²) in [5.74, 6) is 0.0911. The zero-order valence-corrected chi connectivity index (χ0v) is 8.84. The number of rotatable bonds is 8. The third-order valence-corrected chi connectivity index (χ3v) is 2.12. The molecule has 0 aliphatic heterocycles. The van der Waals surface area contributed by atoms with Gasteiger partial charge in [-0.3, -0.25) is 4.79 Å². The maximum absolute atomic E-state index is 11.2. The minimum atomic E-state index is 0.0911. The summed E-state index contributed by atoms with van der Waals surface area (Å²) in [5, 5.41) is 6.01. The van der Waals surface area contributed by atoms with E-state index >= 15 is 0 Å². The van der Waals surface area contributed by atoms with Gasteiger partial charge in [-0.25, -0.2) is 0 Å². The van der Waals surface area contributed by atoms with Crippen molar-refractivity contribution >= 4 is 5.91 Å². The van der Waals surface area contributed by atoms with Crippen LogP contribution in [0.3, 0.4) is 0 Å². The summed E-state index contributed by atoms with van der Waals surface area (Å²) in [6.45, 7) is 4.62. The molecule has 0 saturated heterocycles. The van der Waals surface area contributed by atoms with Gasteiger partial charge in [-0.15, -0.1) is 0 Å². The van der Waals surface area contributed by atoms with E-state index in [1.807, 2.05) is 6.92 Å². The van der Waals surface area contributed by atoms with Crippen molar-refractivity contribution < 1.29 is 9.53 Å². The number of amides is 1. The van der Waals surface area contributed by atoms with Crippen LogP contribution in [0.1, 0.15) is 26.2 Å². The predicted molar refractivity (Wildman–Crippen MR) is 55.1 cm³/mol. The fraction of sp³-hybridized carbons (Fsp3) is 0.900. The Balaban J connectivity index is 1.81. The van der Waals surface area contributed by atoms with Gasteiger partial charge in [-0.1, -0.05) is 0 Å². The van der Waals surface area contributed by atoms with E-state index in [9.17, 15) is 4.79 Å². The van der Waals surface area contributed by atoms with Gasteiger partial charge in [0.15, 0.2) is 0 Å². The molecule has 0 spiro atoms. The molecular formula is C10H20N2O2. The molecule has 1 rings (SSSR count). The molecule has 0 unspecified atom stereocenters. The normalized spacial score (nSPS) is 15.5. The van der Waals surface area contributed by atoms with Crippen LogP contribution in [0.15, 0.2) is 0 Å². The van der Waals surface area contributed by atoms with Crippen molar-refractivity contribution in [3.63, 3.8) is 0 Å². The van der Waals surface area contributed by atoms with Crippen molar-refractivity contribution in [2.24, 2.45) is 0 Å². The highest BCUT2D eigenvalue weighted by Crippen LogP contribution is 2.17. The van der Waals surface area contributed by atoms with E-state index in [-0.39, 0.29) is 5.91 Å². The van der Waals surface area contributed by atoms with Crippen molar-refractivity contribution in [2.45, 2.75) is 32.2 Å². The zero-order chi connectivity index (χ0) is 10.2. The molecule has 14 heavy (non-hydrogen) atoms. The maximum Gasteiger partial charge on any atom is 0.233 e. The summed E-state index contributed by atoms with van der Waals surface area (Å²) >= 11 is 0. The molecule has 0 aromatic heterocycles. The highest BCUT2D eigenvalue weighted by atomic mass is 16.5. The number of hydrogen-bond acceptors (Lipinski definition) is 3. The van der Waals surface area contributed by atoms with Gasteiger partial charge in [0.25, 0.3) is 0 Å². The van der Waals surface area contributed by atoms with Crippen LogP contribution >= 0.6 is 0 Å². The fourth-order valence-corrected chi connectivity index (χ4v) is 1.13. The molecule has 1 fully saturated rings. The summed E-state index contributed by atoms with van der Waals surface area (Å²) in [4.78, 5) is 11.2. The van der Waals surface area contributed by atoms with Crippen LogP contribution in [0.2, 0.25) is 0 Å². The Morgan fingerprint density at radius 2 is 2.29 bits per heavy atom. The lowest BCUT2D eigenvalue weighted by Crippen LogP contribution is -2.35. The van der Waals surface area contributed by atoms with Crippen LogP contribution in [0, 0.1) is 0 Å². The monoisotopic (exact) mass is 200 g/mol. The van der Waals surface area contributed by atoms with E-state index in [4.69, 9.17) is 4.74 Å². The number of hydrogen-bond donors (Lipinski definition) is 2. The SMILES string of the molecule is CCOCCCNC(=O)CNC1CC1. The molecule has 1 amide bonds. The molecule has 0 radical (unpaired) electrons. The lowest BCUT2D eigenvalue weighted by molar-refractivity contribution is -0.120. The first kappa shape index (κ1) is 11.5. The second-order valence-corrected chi connectivity index (χ2v) is 3.56. The van der Waals surface area contributed by atoms with E-state index in [1.165, 1.54) is 12.8 Å². The van der Waals surface area contributed by atoms with Crippen LogP contribution < -0.4 is 10.6 Å². The van der Waals surface area contributed by atoms with Crippen molar-refractivity contribution in [3.8, 4) is 0 Å². The molecule has 1 saturated carbocycles. The van der Waals surface area contributed by atoms with Gasteiger partial charge in [0.1, 0.15) is 0 Å².